The lowest BCUT2D eigenvalue weighted by atomic mass is 10.2. The molecule has 2 saturated heterocycles. The predicted octanol–water partition coefficient (Wildman–Crippen LogP) is 3.63. The van der Waals surface area contributed by atoms with Gasteiger partial charge in [0.2, 0.25) is 17.8 Å². The van der Waals surface area contributed by atoms with Gasteiger partial charge < -0.3 is 19.3 Å². The fourth-order valence-electron chi connectivity index (χ4n) is 3.91. The smallest absolute Gasteiger partial charge is 0.343 e. The van der Waals surface area contributed by atoms with Gasteiger partial charge in [0.25, 0.3) is 0 Å². The van der Waals surface area contributed by atoms with E-state index in [0.717, 1.165) is 44.6 Å². The Morgan fingerprint density at radius 2 is 1.56 bits per heavy atom. The molecule has 36 heavy (non-hydrogen) atoms. The van der Waals surface area contributed by atoms with Gasteiger partial charge >= 0.3 is 5.97 Å². The van der Waals surface area contributed by atoms with Crippen molar-refractivity contribution in [3.63, 3.8) is 0 Å². The number of rotatable bonds is 7. The summed E-state index contributed by atoms with van der Waals surface area (Å²) in [5, 5.41) is 4.86. The summed E-state index contributed by atoms with van der Waals surface area (Å²) in [6, 6.07) is 13.6. The third-order valence-corrected chi connectivity index (χ3v) is 6.10. The minimum absolute atomic E-state index is 0.387. The SMILES string of the molecule is O=C(Oc1ccc(C=NNc2nc(N3CCCC3)nc(N3CCOCC3)n2)cc1)c1ccc(Cl)cc1. The molecule has 0 unspecified atom stereocenters. The number of carbonyl (C=O) groups excluding carboxylic acids is 1. The number of hydrogen-bond acceptors (Lipinski definition) is 10. The van der Waals surface area contributed by atoms with E-state index >= 15 is 0 Å². The van der Waals surface area contributed by atoms with Gasteiger partial charge in [0.05, 0.1) is 25.0 Å². The molecule has 2 aliphatic heterocycles. The first-order chi connectivity index (χ1) is 17.6. The van der Waals surface area contributed by atoms with E-state index in [1.807, 2.05) is 0 Å². The monoisotopic (exact) mass is 507 g/mol. The van der Waals surface area contributed by atoms with Crippen molar-refractivity contribution < 1.29 is 14.3 Å². The van der Waals surface area contributed by atoms with Gasteiger partial charge in [-0.3, -0.25) is 0 Å². The number of benzene rings is 2. The largest absolute Gasteiger partial charge is 0.423 e. The van der Waals surface area contributed by atoms with Gasteiger partial charge in [-0.1, -0.05) is 11.6 Å². The number of ether oxygens (including phenoxy) is 2. The Kier molecular flexibility index (Phi) is 7.53. The van der Waals surface area contributed by atoms with E-state index in [1.165, 1.54) is 0 Å². The maximum Gasteiger partial charge on any atom is 0.343 e. The number of anilines is 3. The van der Waals surface area contributed by atoms with Gasteiger partial charge in [0, 0.05) is 31.2 Å². The standard InChI is InChI=1S/C25H26ClN7O3/c26-20-7-5-19(6-8-20)22(34)36-21-9-3-18(4-10-21)17-27-31-23-28-24(32-11-1-2-12-32)30-25(29-23)33-13-15-35-16-14-33/h3-10,17H,1-2,11-16H2,(H,28,29,30,31). The quantitative estimate of drug-likeness (QED) is 0.222. The Balaban J connectivity index is 1.24. The molecule has 186 valence electrons. The van der Waals surface area contributed by atoms with Crippen LogP contribution in [0.15, 0.2) is 53.6 Å². The number of nitrogens with one attached hydrogen (secondary N) is 1. The van der Waals surface area contributed by atoms with Gasteiger partial charge in [-0.25, -0.2) is 10.2 Å². The van der Waals surface area contributed by atoms with Crippen LogP contribution in [0.25, 0.3) is 0 Å². The summed E-state index contributed by atoms with van der Waals surface area (Å²) in [4.78, 5) is 30.4. The van der Waals surface area contributed by atoms with Crippen LogP contribution in [0.4, 0.5) is 17.8 Å². The van der Waals surface area contributed by atoms with E-state index in [4.69, 9.17) is 26.1 Å². The molecule has 11 heteroatoms. The second-order valence-corrected chi connectivity index (χ2v) is 8.82. The molecule has 5 rings (SSSR count). The molecule has 0 saturated carbocycles. The molecule has 3 aromatic rings. The highest BCUT2D eigenvalue weighted by Gasteiger charge is 2.21. The highest BCUT2D eigenvalue weighted by molar-refractivity contribution is 6.30. The van der Waals surface area contributed by atoms with Gasteiger partial charge in [0.1, 0.15) is 5.75 Å². The Morgan fingerprint density at radius 3 is 2.22 bits per heavy atom. The van der Waals surface area contributed by atoms with Gasteiger partial charge in [-0.2, -0.15) is 20.1 Å². The maximum atomic E-state index is 12.3. The van der Waals surface area contributed by atoms with Crippen LogP contribution in [0.3, 0.4) is 0 Å². The van der Waals surface area contributed by atoms with Gasteiger partial charge in [0.15, 0.2) is 0 Å². The lowest BCUT2D eigenvalue weighted by Crippen LogP contribution is -2.38. The summed E-state index contributed by atoms with van der Waals surface area (Å²) < 4.78 is 10.9. The van der Waals surface area contributed by atoms with Gasteiger partial charge in [-0.05, 0) is 66.9 Å². The molecule has 0 atom stereocenters. The minimum Gasteiger partial charge on any atom is -0.423 e. The number of carbonyl (C=O) groups is 1. The summed E-state index contributed by atoms with van der Waals surface area (Å²) >= 11 is 5.87. The van der Waals surface area contributed by atoms with Crippen molar-refractivity contribution in [2.45, 2.75) is 12.8 Å². The van der Waals surface area contributed by atoms with Crippen LogP contribution in [0.2, 0.25) is 5.02 Å². The molecule has 1 N–H and O–H groups in total. The summed E-state index contributed by atoms with van der Waals surface area (Å²) in [6.45, 7) is 4.64. The van der Waals surface area contributed by atoms with Gasteiger partial charge in [-0.15, -0.1) is 0 Å². The lowest BCUT2D eigenvalue weighted by molar-refractivity contribution is 0.0734. The Bertz CT molecular complexity index is 1210. The molecule has 2 fully saturated rings. The van der Waals surface area contributed by atoms with Crippen molar-refractivity contribution in [1.82, 2.24) is 15.0 Å². The van der Waals surface area contributed by atoms with Crippen LogP contribution >= 0.6 is 11.6 Å². The number of morpholine rings is 1. The van der Waals surface area contributed by atoms with Crippen molar-refractivity contribution >= 4 is 41.6 Å². The fourth-order valence-corrected chi connectivity index (χ4v) is 4.03. The summed E-state index contributed by atoms with van der Waals surface area (Å²) in [7, 11) is 0. The Labute approximate surface area is 213 Å². The summed E-state index contributed by atoms with van der Waals surface area (Å²) in [5.74, 6) is 1.66. The number of hydrazone groups is 1. The zero-order valence-corrected chi connectivity index (χ0v) is 20.4. The van der Waals surface area contributed by atoms with E-state index in [2.05, 4.69) is 30.3 Å². The number of nitrogens with zero attached hydrogens (tertiary/aromatic N) is 6. The second-order valence-electron chi connectivity index (χ2n) is 8.39. The van der Waals surface area contributed by atoms with E-state index in [-0.39, 0.29) is 0 Å². The first-order valence-electron chi connectivity index (χ1n) is 11.8. The van der Waals surface area contributed by atoms with Crippen molar-refractivity contribution in [2.24, 2.45) is 5.10 Å². The van der Waals surface area contributed by atoms with E-state index < -0.39 is 5.97 Å². The van der Waals surface area contributed by atoms with Crippen molar-refractivity contribution in [1.29, 1.82) is 0 Å². The maximum absolute atomic E-state index is 12.3. The molecule has 0 spiro atoms. The van der Waals surface area contributed by atoms with Crippen LogP contribution in [-0.2, 0) is 4.74 Å². The number of esters is 1. The average Bonchev–Trinajstić information content (AvgIpc) is 3.46. The number of halogens is 1. The molecule has 0 aliphatic carbocycles. The van der Waals surface area contributed by atoms with E-state index in [9.17, 15) is 4.79 Å². The van der Waals surface area contributed by atoms with Crippen LogP contribution < -0.4 is 20.0 Å². The molecule has 0 amide bonds. The first kappa shape index (κ1) is 24.0. The zero-order valence-electron chi connectivity index (χ0n) is 19.6. The van der Waals surface area contributed by atoms with E-state index in [0.29, 0.717) is 47.4 Å². The highest BCUT2D eigenvalue weighted by Crippen LogP contribution is 2.21. The summed E-state index contributed by atoms with van der Waals surface area (Å²) in [6.07, 6.45) is 3.91. The average molecular weight is 508 g/mol. The molecule has 0 radical (unpaired) electrons. The molecule has 10 nitrogen and oxygen atoms in total. The van der Waals surface area contributed by atoms with Crippen LogP contribution in [0.5, 0.6) is 5.75 Å². The lowest BCUT2D eigenvalue weighted by Gasteiger charge is -2.27. The second kappa shape index (κ2) is 11.3. The third-order valence-electron chi connectivity index (χ3n) is 5.84. The normalized spacial score (nSPS) is 15.9. The third kappa shape index (κ3) is 6.07. The molecule has 2 aliphatic rings. The molecule has 3 heterocycles. The molecular weight excluding hydrogens is 482 g/mol. The first-order valence-corrected chi connectivity index (χ1v) is 12.2. The van der Waals surface area contributed by atoms with Crippen LogP contribution in [0, 0.1) is 0 Å². The Hall–Kier alpha value is -3.76. The number of aromatic nitrogens is 3. The Morgan fingerprint density at radius 1 is 0.917 bits per heavy atom. The highest BCUT2D eigenvalue weighted by atomic mass is 35.5. The van der Waals surface area contributed by atoms with Crippen molar-refractivity contribution in [3.8, 4) is 5.75 Å². The fraction of sp³-hybridized carbons (Fsp3) is 0.320. The topological polar surface area (TPSA) is 105 Å². The van der Waals surface area contributed by atoms with E-state index in [1.54, 1.807) is 54.7 Å². The predicted molar refractivity (Wildman–Crippen MR) is 138 cm³/mol. The molecule has 0 bridgehead atoms. The number of hydrogen-bond donors (Lipinski definition) is 1. The minimum atomic E-state index is -0.450. The molecular formula is C25H26ClN7O3. The van der Waals surface area contributed by atoms with Crippen molar-refractivity contribution in [3.05, 3.63) is 64.7 Å². The van der Waals surface area contributed by atoms with Crippen LogP contribution in [-0.4, -0.2) is 66.5 Å². The molecule has 1 aromatic heterocycles. The van der Waals surface area contributed by atoms with Crippen molar-refractivity contribution in [2.75, 3.05) is 54.6 Å². The molecule has 2 aromatic carbocycles. The van der Waals surface area contributed by atoms with Crippen LogP contribution in [0.1, 0.15) is 28.8 Å². The zero-order chi connectivity index (χ0) is 24.7. The summed E-state index contributed by atoms with van der Waals surface area (Å²) in [5.41, 5.74) is 4.18.